The Balaban J connectivity index is 1.35. The van der Waals surface area contributed by atoms with E-state index in [1.54, 1.807) is 19.2 Å². The van der Waals surface area contributed by atoms with Gasteiger partial charge in [-0.1, -0.05) is 24.3 Å². The van der Waals surface area contributed by atoms with Crippen LogP contribution < -0.4 is 16.0 Å². The third-order valence-electron chi connectivity index (χ3n) is 7.66. The van der Waals surface area contributed by atoms with Crippen LogP contribution in [0.5, 0.6) is 0 Å². The van der Waals surface area contributed by atoms with Gasteiger partial charge in [-0.3, -0.25) is 14.4 Å². The van der Waals surface area contributed by atoms with E-state index in [2.05, 4.69) is 37.4 Å². The van der Waals surface area contributed by atoms with E-state index in [1.165, 1.54) is 0 Å². The number of pyridine rings is 1. The highest BCUT2D eigenvalue weighted by Crippen LogP contribution is 2.44. The monoisotopic (exact) mass is 498 g/mol. The fourth-order valence-electron chi connectivity index (χ4n) is 5.46. The first kappa shape index (κ1) is 23.8. The highest BCUT2D eigenvalue weighted by Gasteiger charge is 2.48. The van der Waals surface area contributed by atoms with Gasteiger partial charge in [0, 0.05) is 31.0 Å². The lowest BCUT2D eigenvalue weighted by Crippen LogP contribution is -2.49. The van der Waals surface area contributed by atoms with Gasteiger partial charge in [-0.2, -0.15) is 0 Å². The van der Waals surface area contributed by atoms with Gasteiger partial charge in [-0.15, -0.1) is 5.10 Å². The summed E-state index contributed by atoms with van der Waals surface area (Å²) in [5.41, 5.74) is 1.45. The van der Waals surface area contributed by atoms with Crippen LogP contribution in [0.2, 0.25) is 0 Å². The lowest BCUT2D eigenvalue weighted by molar-refractivity contribution is -0.124. The van der Waals surface area contributed by atoms with E-state index in [-0.39, 0.29) is 23.6 Å². The van der Waals surface area contributed by atoms with Crippen LogP contribution in [-0.2, 0) is 19.7 Å². The Bertz CT molecular complexity index is 1140. The Morgan fingerprint density at radius 2 is 1.97 bits per heavy atom. The van der Waals surface area contributed by atoms with Crippen LogP contribution in [0.1, 0.15) is 66.4 Å². The zero-order valence-electron chi connectivity index (χ0n) is 19.9. The van der Waals surface area contributed by atoms with Gasteiger partial charge in [-0.05, 0) is 56.0 Å². The lowest BCUT2D eigenvalue weighted by Gasteiger charge is -2.32. The van der Waals surface area contributed by atoms with Crippen LogP contribution in [0.25, 0.3) is 0 Å². The molecule has 1 saturated carbocycles. The fourth-order valence-corrected chi connectivity index (χ4v) is 6.02. The molecule has 2 aliphatic heterocycles. The van der Waals surface area contributed by atoms with Crippen LogP contribution in [0, 0.1) is 18.8 Å². The zero-order chi connectivity index (χ0) is 24.6. The maximum atomic E-state index is 13.4. The molecular formula is C24H30N6O4S. The first-order chi connectivity index (χ1) is 16.9. The maximum Gasteiger partial charge on any atom is 0.265 e. The number of aromatic nitrogens is 3. The SMILES string of the molecule is Cc1nnsc1C(=O)N[C@H](C(=O)Nc1cc2c(cn1)C1(CCOCC1)C(=O)N2)[C@H]1CC[C@H](C)CC1. The van der Waals surface area contributed by atoms with Gasteiger partial charge < -0.3 is 20.7 Å². The van der Waals surface area contributed by atoms with Gasteiger partial charge in [0.2, 0.25) is 11.8 Å². The normalized spacial score (nSPS) is 23.9. The van der Waals surface area contributed by atoms with Crippen molar-refractivity contribution in [1.82, 2.24) is 19.9 Å². The number of nitrogens with one attached hydrogen (secondary N) is 3. The second kappa shape index (κ2) is 9.62. The topological polar surface area (TPSA) is 135 Å². The largest absolute Gasteiger partial charge is 0.381 e. The standard InChI is InChI=1S/C24H30N6O4S/c1-13-3-5-15(6-4-13)19(28-22(32)20-14(2)29-30-35-20)21(31)27-18-11-17-16(12-25-18)24(23(33)26-17)7-9-34-10-8-24/h11-13,15,19H,3-10H2,1-2H3,(H,26,33)(H,28,32)(H,25,27,31)/t13-,15-,19-/m0/s1. The Morgan fingerprint density at radius 1 is 1.23 bits per heavy atom. The van der Waals surface area contributed by atoms with E-state index in [4.69, 9.17) is 4.74 Å². The first-order valence-electron chi connectivity index (χ1n) is 12.2. The second-order valence-corrected chi connectivity index (χ2v) is 10.7. The van der Waals surface area contributed by atoms with E-state index >= 15 is 0 Å². The molecule has 3 amide bonds. The molecule has 0 bridgehead atoms. The summed E-state index contributed by atoms with van der Waals surface area (Å²) in [5, 5.41) is 12.7. The van der Waals surface area contributed by atoms with Crippen LogP contribution in [0.15, 0.2) is 12.3 Å². The number of hydrogen-bond acceptors (Lipinski definition) is 8. The van der Waals surface area contributed by atoms with Crippen molar-refractivity contribution in [3.8, 4) is 0 Å². The third kappa shape index (κ3) is 4.54. The highest BCUT2D eigenvalue weighted by atomic mass is 32.1. The number of ether oxygens (including phenoxy) is 1. The number of amides is 3. The minimum Gasteiger partial charge on any atom is -0.381 e. The van der Waals surface area contributed by atoms with Crippen molar-refractivity contribution in [3.63, 3.8) is 0 Å². The summed E-state index contributed by atoms with van der Waals surface area (Å²) < 4.78 is 9.29. The smallest absolute Gasteiger partial charge is 0.265 e. The molecule has 2 aromatic rings. The molecule has 4 heterocycles. The molecule has 10 nitrogen and oxygen atoms in total. The molecule has 2 fully saturated rings. The first-order valence-corrected chi connectivity index (χ1v) is 12.9. The minimum absolute atomic E-state index is 0.0241. The van der Waals surface area contributed by atoms with Crippen LogP contribution in [0.4, 0.5) is 11.5 Å². The molecule has 2 aromatic heterocycles. The van der Waals surface area contributed by atoms with Crippen molar-refractivity contribution in [2.45, 2.75) is 63.8 Å². The van der Waals surface area contributed by atoms with Crippen molar-refractivity contribution < 1.29 is 19.1 Å². The Hall–Kier alpha value is -2.92. The molecule has 5 rings (SSSR count). The number of carbonyl (C=O) groups is 3. The number of hydrogen-bond donors (Lipinski definition) is 3. The third-order valence-corrected chi connectivity index (χ3v) is 8.49. The molecule has 0 unspecified atom stereocenters. The van der Waals surface area contributed by atoms with E-state index < -0.39 is 11.5 Å². The highest BCUT2D eigenvalue weighted by molar-refractivity contribution is 7.08. The maximum absolute atomic E-state index is 13.4. The average Bonchev–Trinajstić information content (AvgIpc) is 3.39. The summed E-state index contributed by atoms with van der Waals surface area (Å²) >= 11 is 1.02. The molecule has 1 saturated heterocycles. The Morgan fingerprint density at radius 3 is 2.66 bits per heavy atom. The van der Waals surface area contributed by atoms with Gasteiger partial charge in [0.1, 0.15) is 16.7 Å². The molecule has 35 heavy (non-hydrogen) atoms. The van der Waals surface area contributed by atoms with E-state index in [9.17, 15) is 14.4 Å². The average molecular weight is 499 g/mol. The van der Waals surface area contributed by atoms with Crippen molar-refractivity contribution in [2.24, 2.45) is 11.8 Å². The minimum atomic E-state index is -0.706. The molecule has 3 aliphatic rings. The quantitative estimate of drug-likeness (QED) is 0.577. The molecule has 186 valence electrons. The van der Waals surface area contributed by atoms with Gasteiger partial charge in [0.05, 0.1) is 16.8 Å². The molecular weight excluding hydrogens is 468 g/mol. The number of anilines is 2. The molecule has 3 N–H and O–H groups in total. The Labute approximate surface area is 207 Å². The van der Waals surface area contributed by atoms with Gasteiger partial charge in [0.15, 0.2) is 0 Å². The van der Waals surface area contributed by atoms with Crippen molar-refractivity contribution >= 4 is 40.8 Å². The van der Waals surface area contributed by atoms with Crippen LogP contribution >= 0.6 is 11.5 Å². The number of rotatable bonds is 5. The zero-order valence-corrected chi connectivity index (χ0v) is 20.7. The van der Waals surface area contributed by atoms with E-state index in [0.29, 0.717) is 54.0 Å². The van der Waals surface area contributed by atoms with Crippen molar-refractivity contribution in [2.75, 3.05) is 23.8 Å². The Kier molecular flexibility index (Phi) is 6.54. The number of aryl methyl sites for hydroxylation is 1. The summed E-state index contributed by atoms with van der Waals surface area (Å²) in [6, 6.07) is 0.997. The van der Waals surface area contributed by atoms with Crippen LogP contribution in [0.3, 0.4) is 0 Å². The molecule has 0 aromatic carbocycles. The van der Waals surface area contributed by atoms with Crippen molar-refractivity contribution in [3.05, 3.63) is 28.4 Å². The predicted octanol–water partition coefficient (Wildman–Crippen LogP) is 2.81. The summed E-state index contributed by atoms with van der Waals surface area (Å²) in [7, 11) is 0. The summed E-state index contributed by atoms with van der Waals surface area (Å²) in [5.74, 6) is 0.278. The number of nitrogens with zero attached hydrogens (tertiary/aromatic N) is 3. The van der Waals surface area contributed by atoms with Crippen molar-refractivity contribution in [1.29, 1.82) is 0 Å². The second-order valence-electron chi connectivity index (χ2n) is 9.91. The van der Waals surface area contributed by atoms with E-state index in [0.717, 1.165) is 42.8 Å². The lowest BCUT2D eigenvalue weighted by atomic mass is 9.76. The predicted molar refractivity (Wildman–Crippen MR) is 130 cm³/mol. The molecule has 1 atom stereocenters. The van der Waals surface area contributed by atoms with Gasteiger partial charge in [-0.25, -0.2) is 4.98 Å². The molecule has 1 aliphatic carbocycles. The van der Waals surface area contributed by atoms with E-state index in [1.807, 2.05) is 0 Å². The molecule has 0 radical (unpaired) electrons. The summed E-state index contributed by atoms with van der Waals surface area (Å²) in [6.07, 6.45) is 6.64. The van der Waals surface area contributed by atoms with Gasteiger partial charge in [0.25, 0.3) is 5.91 Å². The summed E-state index contributed by atoms with van der Waals surface area (Å²) in [4.78, 5) is 44.0. The fraction of sp³-hybridized carbons (Fsp3) is 0.583. The number of carbonyl (C=O) groups excluding carboxylic acids is 3. The van der Waals surface area contributed by atoms with Gasteiger partial charge >= 0.3 is 0 Å². The number of fused-ring (bicyclic) bond motifs is 2. The summed E-state index contributed by atoms with van der Waals surface area (Å²) in [6.45, 7) is 5.00. The van der Waals surface area contributed by atoms with Crippen LogP contribution in [-0.4, -0.2) is 51.5 Å². The molecule has 1 spiro atoms. The molecule has 11 heteroatoms.